The first kappa shape index (κ1) is 41.2. The maximum Gasteiger partial charge on any atom is 0.330 e. The molecule has 1 aliphatic heterocycles. The van der Waals surface area contributed by atoms with Crippen LogP contribution in [0, 0.1) is 0 Å². The van der Waals surface area contributed by atoms with Crippen molar-refractivity contribution in [1.29, 1.82) is 0 Å². The van der Waals surface area contributed by atoms with Crippen LogP contribution in [0.25, 0.3) is 10.9 Å². The number of benzene rings is 1. The van der Waals surface area contributed by atoms with E-state index in [1.807, 2.05) is 31.2 Å². The molecule has 1 aromatic carbocycles. The van der Waals surface area contributed by atoms with Gasteiger partial charge in [-0.25, -0.2) is 14.4 Å². The van der Waals surface area contributed by atoms with Gasteiger partial charge in [0.25, 0.3) is 5.56 Å². The van der Waals surface area contributed by atoms with E-state index in [4.69, 9.17) is 10.5 Å². The van der Waals surface area contributed by atoms with Gasteiger partial charge in [0.15, 0.2) is 6.23 Å². The number of hydrogen-bond donors (Lipinski definition) is 9. The fraction of sp³-hybridized carbons (Fsp3) is 0.514. The molecule has 19 heteroatoms. The van der Waals surface area contributed by atoms with Crippen LogP contribution in [-0.4, -0.2) is 116 Å². The third-order valence-electron chi connectivity index (χ3n) is 9.46. The lowest BCUT2D eigenvalue weighted by Gasteiger charge is -2.33. The average molecular weight is 756 g/mol. The van der Waals surface area contributed by atoms with E-state index < -0.39 is 83.6 Å². The van der Waals surface area contributed by atoms with Gasteiger partial charge < -0.3 is 51.8 Å². The van der Waals surface area contributed by atoms with E-state index in [0.717, 1.165) is 34.4 Å². The van der Waals surface area contributed by atoms with Crippen LogP contribution >= 0.6 is 0 Å². The number of nitrogens with two attached hydrogens (primary N) is 1. The molecule has 0 radical (unpaired) electrons. The Morgan fingerprint density at radius 1 is 1.06 bits per heavy atom. The first-order chi connectivity index (χ1) is 25.7. The largest absolute Gasteiger partial charge is 0.480 e. The highest BCUT2D eigenvalue weighted by molar-refractivity contribution is 5.93. The van der Waals surface area contributed by atoms with E-state index in [0.29, 0.717) is 12.0 Å². The number of ether oxygens (including phenoxy) is 1. The number of aliphatic carboxylic acids is 1. The number of urea groups is 1. The van der Waals surface area contributed by atoms with Gasteiger partial charge in [0.05, 0.1) is 18.7 Å². The second-order valence-corrected chi connectivity index (χ2v) is 13.3. The number of aliphatic hydroxyl groups excluding tert-OH is 1. The minimum atomic E-state index is -1.37. The van der Waals surface area contributed by atoms with Gasteiger partial charge >= 0.3 is 17.7 Å². The first-order valence-electron chi connectivity index (χ1n) is 17.8. The maximum atomic E-state index is 13.8. The van der Waals surface area contributed by atoms with Crippen molar-refractivity contribution < 1.29 is 38.9 Å². The molecule has 1 fully saturated rings. The van der Waals surface area contributed by atoms with Crippen LogP contribution in [-0.2, 0) is 30.3 Å². The Kier molecular flexibility index (Phi) is 14.5. The number of aromatic amines is 2. The third-order valence-corrected chi connectivity index (χ3v) is 9.46. The number of nitrogens with one attached hydrogen (secondary N) is 6. The second kappa shape index (κ2) is 19.0. The molecule has 294 valence electrons. The molecular weight excluding hydrogens is 706 g/mol. The smallest absolute Gasteiger partial charge is 0.330 e. The van der Waals surface area contributed by atoms with Crippen LogP contribution in [0.2, 0.25) is 0 Å². The Morgan fingerprint density at radius 2 is 1.78 bits per heavy atom. The monoisotopic (exact) mass is 755 g/mol. The molecule has 54 heavy (non-hydrogen) atoms. The van der Waals surface area contributed by atoms with Crippen LogP contribution in [0.1, 0.15) is 57.7 Å². The molecule has 4 rings (SSSR count). The number of rotatable bonds is 18. The lowest BCUT2D eigenvalue weighted by Crippen LogP contribution is -2.62. The molecule has 0 spiro atoms. The van der Waals surface area contributed by atoms with Crippen molar-refractivity contribution in [2.75, 3.05) is 20.1 Å². The molecule has 7 atom stereocenters. The van der Waals surface area contributed by atoms with E-state index in [1.54, 1.807) is 6.20 Å². The van der Waals surface area contributed by atoms with Crippen molar-refractivity contribution in [1.82, 2.24) is 40.7 Å². The number of nitrogens with zero attached hydrogens (tertiary/aromatic N) is 2. The van der Waals surface area contributed by atoms with Gasteiger partial charge in [0.1, 0.15) is 24.2 Å². The summed E-state index contributed by atoms with van der Waals surface area (Å²) in [5.41, 5.74) is 5.63. The molecule has 3 heterocycles. The van der Waals surface area contributed by atoms with Gasteiger partial charge in [0.2, 0.25) is 17.7 Å². The predicted octanol–water partition coefficient (Wildman–Crippen LogP) is -0.983. The zero-order valence-electron chi connectivity index (χ0n) is 30.4. The summed E-state index contributed by atoms with van der Waals surface area (Å²) in [6.45, 7) is 2.96. The highest BCUT2D eigenvalue weighted by Gasteiger charge is 2.38. The molecule has 1 saturated heterocycles. The maximum absolute atomic E-state index is 13.8. The first-order valence-corrected chi connectivity index (χ1v) is 17.8. The summed E-state index contributed by atoms with van der Waals surface area (Å²) >= 11 is 0. The summed E-state index contributed by atoms with van der Waals surface area (Å²) in [6, 6.07) is 2.68. The molecule has 0 unspecified atom stereocenters. The summed E-state index contributed by atoms with van der Waals surface area (Å²) in [7, 11) is 1.42. The van der Waals surface area contributed by atoms with E-state index in [9.17, 15) is 43.8 Å². The van der Waals surface area contributed by atoms with Crippen molar-refractivity contribution in [2.45, 2.75) is 95.0 Å². The number of likely N-dealkylation sites (N-methyl/N-ethyl adjacent to an activating group) is 1. The molecule has 0 aliphatic carbocycles. The van der Waals surface area contributed by atoms with Crippen LogP contribution in [0.3, 0.4) is 0 Å². The van der Waals surface area contributed by atoms with Crippen LogP contribution < -0.4 is 38.2 Å². The topological polar surface area (TPSA) is 283 Å². The number of fused-ring (bicyclic) bond motifs is 1. The number of aliphatic hydroxyl groups is 1. The number of aromatic nitrogens is 3. The van der Waals surface area contributed by atoms with Crippen molar-refractivity contribution in [2.24, 2.45) is 5.73 Å². The number of para-hydroxylation sites is 1. The van der Waals surface area contributed by atoms with Crippen molar-refractivity contribution in [3.63, 3.8) is 0 Å². The summed E-state index contributed by atoms with van der Waals surface area (Å²) < 4.78 is 6.83. The van der Waals surface area contributed by atoms with E-state index >= 15 is 0 Å². The van der Waals surface area contributed by atoms with Crippen molar-refractivity contribution in [3.8, 4) is 0 Å². The van der Waals surface area contributed by atoms with Gasteiger partial charge in [-0.15, -0.1) is 0 Å². The Labute approximate surface area is 310 Å². The zero-order valence-corrected chi connectivity index (χ0v) is 30.4. The summed E-state index contributed by atoms with van der Waals surface area (Å²) in [5, 5.41) is 31.7. The highest BCUT2D eigenvalue weighted by Crippen LogP contribution is 2.27. The van der Waals surface area contributed by atoms with E-state index in [-0.39, 0.29) is 32.4 Å². The van der Waals surface area contributed by atoms with E-state index in [2.05, 4.69) is 31.2 Å². The number of unbranched alkanes of at least 4 members (excludes halogenated alkanes) is 2. The van der Waals surface area contributed by atoms with Gasteiger partial charge in [-0.2, -0.15) is 0 Å². The van der Waals surface area contributed by atoms with Gasteiger partial charge in [-0.3, -0.25) is 28.7 Å². The van der Waals surface area contributed by atoms with Crippen molar-refractivity contribution >= 4 is 40.6 Å². The number of carbonyl (C=O) groups is 5. The van der Waals surface area contributed by atoms with Gasteiger partial charge in [-0.1, -0.05) is 44.4 Å². The fourth-order valence-corrected chi connectivity index (χ4v) is 6.26. The molecule has 3 aromatic rings. The number of carboxylic acid groups (broad SMARTS) is 1. The molecule has 0 saturated carbocycles. The number of amides is 5. The molecular formula is C35H49N9O10. The molecule has 2 aromatic heterocycles. The van der Waals surface area contributed by atoms with Gasteiger partial charge in [0, 0.05) is 55.8 Å². The molecule has 1 aliphatic rings. The standard InChI is InChI=1S/C35H49N9O10/c1-4-5-6-11-24(39-34(52)40-25(33(50)51)14-20-17-37-23-10-8-7-9-22(20)23)30(48)42-29(19(2)43(3)28(47)16-36)31(49)38-18-21-15-26(45)32(54-21)44-13-12-27(46)41-35(44)53/h7-10,12-13,17,19,21,24-26,29,32,37,45H,4-6,11,14-16,18,36H2,1-3H3,(H,38,49)(H,42,48)(H,50,51)(H2,39,40,52)(H,41,46,53)/t19-,21+,24-,25-,26+,29-,32+/m0/s1. The highest BCUT2D eigenvalue weighted by atomic mass is 16.5. The lowest BCUT2D eigenvalue weighted by molar-refractivity contribution is -0.139. The predicted molar refractivity (Wildman–Crippen MR) is 195 cm³/mol. The Morgan fingerprint density at radius 3 is 2.46 bits per heavy atom. The Hall–Kier alpha value is -5.53. The SMILES string of the molecule is CCCCC[C@H](NC(=O)N[C@@H](Cc1c[nH]c2ccccc12)C(=O)O)C(=O)N[C@H](C(=O)NC[C@H]1C[C@@H](O)[C@H](n2ccc(=O)[nH]c2=O)O1)[C@H](C)N(C)C(=O)CN. The minimum absolute atomic E-state index is 0.0187. The Bertz CT molecular complexity index is 1910. The van der Waals surface area contributed by atoms with Crippen molar-refractivity contribution in [3.05, 3.63) is 69.1 Å². The number of hydrogen-bond acceptors (Lipinski definition) is 10. The molecule has 0 bridgehead atoms. The quantitative estimate of drug-likeness (QED) is 0.0712. The zero-order chi connectivity index (χ0) is 39.5. The minimum Gasteiger partial charge on any atom is -0.480 e. The summed E-state index contributed by atoms with van der Waals surface area (Å²) in [6.07, 6.45) is 1.98. The van der Waals surface area contributed by atoms with Crippen LogP contribution in [0.4, 0.5) is 4.79 Å². The number of carboxylic acids is 1. The van der Waals surface area contributed by atoms with Crippen LogP contribution in [0.15, 0.2) is 52.3 Å². The molecule has 10 N–H and O–H groups in total. The molecule has 5 amide bonds. The van der Waals surface area contributed by atoms with E-state index in [1.165, 1.54) is 25.1 Å². The summed E-state index contributed by atoms with van der Waals surface area (Å²) in [4.78, 5) is 95.6. The average Bonchev–Trinajstić information content (AvgIpc) is 3.73. The third kappa shape index (κ3) is 10.5. The van der Waals surface area contributed by atoms with Gasteiger partial charge in [-0.05, 0) is 25.0 Å². The number of carbonyl (C=O) groups excluding carboxylic acids is 4. The fourth-order valence-electron chi connectivity index (χ4n) is 6.26. The molecule has 19 nitrogen and oxygen atoms in total. The van der Waals surface area contributed by atoms with Crippen LogP contribution in [0.5, 0.6) is 0 Å². The normalized spacial score (nSPS) is 18.9. The lowest BCUT2D eigenvalue weighted by atomic mass is 10.0. The Balaban J connectivity index is 1.47. The summed E-state index contributed by atoms with van der Waals surface area (Å²) in [5.74, 6) is -3.28. The number of H-pyrrole nitrogens is 2. The second-order valence-electron chi connectivity index (χ2n) is 13.3.